The molecule has 0 aliphatic carbocycles. The lowest BCUT2D eigenvalue weighted by molar-refractivity contribution is -0.897. The van der Waals surface area contributed by atoms with E-state index in [9.17, 15) is 9.90 Å². The highest BCUT2D eigenvalue weighted by molar-refractivity contribution is 5.93. The minimum atomic E-state index is -0.224. The van der Waals surface area contributed by atoms with Crippen molar-refractivity contribution in [3.8, 4) is 11.5 Å². The van der Waals surface area contributed by atoms with Crippen molar-refractivity contribution in [3.63, 3.8) is 0 Å². The lowest BCUT2D eigenvalue weighted by atomic mass is 10.1. The van der Waals surface area contributed by atoms with Crippen LogP contribution in [0.2, 0.25) is 0 Å². The van der Waals surface area contributed by atoms with E-state index in [0.29, 0.717) is 28.9 Å². The molecule has 0 bridgehead atoms. The van der Waals surface area contributed by atoms with E-state index in [-0.39, 0.29) is 40.5 Å². The van der Waals surface area contributed by atoms with E-state index in [1.165, 1.54) is 43.0 Å². The first kappa shape index (κ1) is 20.9. The predicted octanol–water partition coefficient (Wildman–Crippen LogP) is 1.06. The van der Waals surface area contributed by atoms with Crippen molar-refractivity contribution < 1.29 is 42.7 Å². The largest absolute Gasteiger partial charge is 1.00 e. The molecule has 28 heavy (non-hydrogen) atoms. The quantitative estimate of drug-likeness (QED) is 0.241. The zero-order chi connectivity index (χ0) is 18.9. The molecule has 1 fully saturated rings. The number of aromatic hydroxyl groups is 1. The van der Waals surface area contributed by atoms with Crippen LogP contribution < -0.4 is 34.1 Å². The molecular formula is C22H26INO4. The van der Waals surface area contributed by atoms with Gasteiger partial charge in [-0.15, -0.1) is 0 Å². The van der Waals surface area contributed by atoms with Gasteiger partial charge in [0, 0.05) is 25.0 Å². The van der Waals surface area contributed by atoms with Crippen molar-refractivity contribution in [1.29, 1.82) is 0 Å². The van der Waals surface area contributed by atoms with Crippen molar-refractivity contribution in [1.82, 2.24) is 0 Å². The molecule has 0 spiro atoms. The Labute approximate surface area is 181 Å². The molecule has 2 heterocycles. The zero-order valence-corrected chi connectivity index (χ0v) is 18.3. The number of hydrogen-bond acceptors (Lipinski definition) is 4. The fourth-order valence-corrected chi connectivity index (χ4v) is 4.07. The third-order valence-electron chi connectivity index (χ3n) is 5.64. The van der Waals surface area contributed by atoms with Gasteiger partial charge in [0.2, 0.25) is 5.43 Å². The van der Waals surface area contributed by atoms with Gasteiger partial charge in [-0.2, -0.15) is 0 Å². The number of ether oxygens (including phenoxy) is 1. The van der Waals surface area contributed by atoms with Crippen LogP contribution in [-0.2, 0) is 0 Å². The van der Waals surface area contributed by atoms with E-state index in [2.05, 4.69) is 7.05 Å². The van der Waals surface area contributed by atoms with Crippen molar-refractivity contribution in [2.75, 3.05) is 33.3 Å². The molecule has 0 unspecified atom stereocenters. The van der Waals surface area contributed by atoms with Crippen molar-refractivity contribution in [2.45, 2.75) is 25.7 Å². The molecular weight excluding hydrogens is 469 g/mol. The Morgan fingerprint density at radius 1 is 1.11 bits per heavy atom. The molecule has 1 saturated heterocycles. The number of para-hydroxylation sites is 1. The van der Waals surface area contributed by atoms with Gasteiger partial charge in [0.25, 0.3) is 0 Å². The fourth-order valence-electron chi connectivity index (χ4n) is 4.07. The Balaban J connectivity index is 0.00000225. The van der Waals surface area contributed by atoms with E-state index in [1.54, 1.807) is 24.3 Å². The van der Waals surface area contributed by atoms with E-state index >= 15 is 0 Å². The van der Waals surface area contributed by atoms with Gasteiger partial charge in [0.05, 0.1) is 38.7 Å². The van der Waals surface area contributed by atoms with Crippen molar-refractivity contribution >= 4 is 21.9 Å². The van der Waals surface area contributed by atoms with E-state index in [1.807, 2.05) is 6.07 Å². The lowest BCUT2D eigenvalue weighted by Crippen LogP contribution is -3.00. The van der Waals surface area contributed by atoms with Gasteiger partial charge < -0.3 is 42.7 Å². The average Bonchev–Trinajstić information content (AvgIpc) is 3.08. The van der Waals surface area contributed by atoms with E-state index in [0.717, 1.165) is 12.8 Å². The number of unbranched alkanes of at least 4 members (excludes halogenated alkanes) is 1. The maximum atomic E-state index is 12.6. The van der Waals surface area contributed by atoms with Crippen LogP contribution in [0.3, 0.4) is 0 Å². The lowest BCUT2D eigenvalue weighted by Gasteiger charge is -2.29. The standard InChI is InChI=1S/C22H25NO4.HI/c1-23(10-4-5-11-23)12-6-7-13-26-16-14-18(24)21-20(15-16)27-19-9-3-2-8-17(19)22(21)25;/h2-3,8-9,14-15H,4-7,10-13H2,1H3;1H. The predicted molar refractivity (Wildman–Crippen MR) is 106 cm³/mol. The van der Waals surface area contributed by atoms with Gasteiger partial charge in [-0.05, 0) is 25.0 Å². The molecule has 0 amide bonds. The summed E-state index contributed by atoms with van der Waals surface area (Å²) in [7, 11) is 2.33. The smallest absolute Gasteiger partial charge is 0.204 e. The van der Waals surface area contributed by atoms with Crippen LogP contribution in [0.1, 0.15) is 25.7 Å². The Hall–Kier alpha value is -1.80. The van der Waals surface area contributed by atoms with Gasteiger partial charge in [-0.3, -0.25) is 4.79 Å². The summed E-state index contributed by atoms with van der Waals surface area (Å²) in [5.41, 5.74) is 0.636. The molecule has 0 saturated carbocycles. The number of nitrogens with zero attached hydrogens (tertiary/aromatic N) is 1. The highest BCUT2D eigenvalue weighted by atomic mass is 127. The molecule has 1 aliphatic heterocycles. The van der Waals surface area contributed by atoms with Gasteiger partial charge in [-0.25, -0.2) is 0 Å². The minimum absolute atomic E-state index is 0. The Morgan fingerprint density at radius 3 is 2.64 bits per heavy atom. The number of phenolic OH excluding ortho intramolecular Hbond substituents is 1. The highest BCUT2D eigenvalue weighted by Crippen LogP contribution is 2.30. The van der Waals surface area contributed by atoms with Crippen LogP contribution in [0.15, 0.2) is 45.6 Å². The summed E-state index contributed by atoms with van der Waals surface area (Å²) in [6.45, 7) is 4.34. The summed E-state index contributed by atoms with van der Waals surface area (Å²) in [6.07, 6.45) is 4.76. The number of likely N-dealkylation sites (tertiary alicyclic amines) is 1. The van der Waals surface area contributed by atoms with Gasteiger partial charge in [-0.1, -0.05) is 12.1 Å². The summed E-state index contributed by atoms with van der Waals surface area (Å²) < 4.78 is 12.8. The third kappa shape index (κ3) is 4.27. The number of rotatable bonds is 6. The molecule has 2 aromatic carbocycles. The second-order valence-corrected chi connectivity index (χ2v) is 7.80. The first-order chi connectivity index (χ1) is 13.1. The number of benzene rings is 2. The molecule has 4 rings (SSSR count). The van der Waals surface area contributed by atoms with Crippen LogP contribution in [0.4, 0.5) is 0 Å². The van der Waals surface area contributed by atoms with Crippen LogP contribution in [0.25, 0.3) is 21.9 Å². The van der Waals surface area contributed by atoms with E-state index < -0.39 is 0 Å². The van der Waals surface area contributed by atoms with Crippen LogP contribution in [-0.4, -0.2) is 42.9 Å². The summed E-state index contributed by atoms with van der Waals surface area (Å²) in [5.74, 6) is 0.428. The molecule has 6 heteroatoms. The van der Waals surface area contributed by atoms with Crippen LogP contribution >= 0.6 is 0 Å². The van der Waals surface area contributed by atoms with Gasteiger partial charge in [0.1, 0.15) is 28.1 Å². The van der Waals surface area contributed by atoms with Crippen LogP contribution in [0.5, 0.6) is 11.5 Å². The number of quaternary nitrogens is 1. The van der Waals surface area contributed by atoms with Crippen molar-refractivity contribution in [2.24, 2.45) is 0 Å². The molecule has 0 radical (unpaired) electrons. The molecule has 1 aromatic heterocycles. The highest BCUT2D eigenvalue weighted by Gasteiger charge is 2.25. The first-order valence-corrected chi connectivity index (χ1v) is 9.71. The summed E-state index contributed by atoms with van der Waals surface area (Å²) >= 11 is 0. The molecule has 5 nitrogen and oxygen atoms in total. The number of fused-ring (bicyclic) bond motifs is 2. The van der Waals surface area contributed by atoms with Gasteiger partial charge in [0.15, 0.2) is 0 Å². The summed E-state index contributed by atoms with van der Waals surface area (Å²) in [5, 5.41) is 11.0. The SMILES string of the molecule is C[N+]1(CCCCOc2cc(O)c3c(=O)c4ccccc4oc3c2)CCCC1.[I-]. The molecule has 3 aromatic rings. The first-order valence-electron chi connectivity index (χ1n) is 9.71. The molecule has 150 valence electrons. The fraction of sp³-hybridized carbons (Fsp3) is 0.409. The summed E-state index contributed by atoms with van der Waals surface area (Å²) in [4.78, 5) is 12.6. The monoisotopic (exact) mass is 495 g/mol. The maximum absolute atomic E-state index is 12.6. The summed E-state index contributed by atoms with van der Waals surface area (Å²) in [6, 6.07) is 10.3. The number of hydrogen-bond donors (Lipinski definition) is 1. The molecule has 1 N–H and O–H groups in total. The Kier molecular flexibility index (Phi) is 6.50. The van der Waals surface area contributed by atoms with Crippen LogP contribution in [0, 0.1) is 0 Å². The van der Waals surface area contributed by atoms with E-state index in [4.69, 9.17) is 9.15 Å². The Bertz CT molecular complexity index is 1020. The molecule has 1 aliphatic rings. The second-order valence-electron chi connectivity index (χ2n) is 7.80. The van der Waals surface area contributed by atoms with Gasteiger partial charge >= 0.3 is 0 Å². The normalized spacial score (nSPS) is 15.6. The number of phenols is 1. The Morgan fingerprint density at radius 2 is 1.86 bits per heavy atom. The number of halogens is 1. The third-order valence-corrected chi connectivity index (χ3v) is 5.64. The maximum Gasteiger partial charge on any atom is 0.204 e. The zero-order valence-electron chi connectivity index (χ0n) is 16.1. The minimum Gasteiger partial charge on any atom is -1.00 e. The molecule has 0 atom stereocenters. The average molecular weight is 495 g/mol. The topological polar surface area (TPSA) is 59.7 Å². The second kappa shape index (κ2) is 8.69. The van der Waals surface area contributed by atoms with Crippen molar-refractivity contribution in [3.05, 3.63) is 46.6 Å².